The van der Waals surface area contributed by atoms with Crippen LogP contribution >= 0.6 is 0 Å². The molecule has 1 saturated heterocycles. The van der Waals surface area contributed by atoms with Gasteiger partial charge >= 0.3 is 0 Å². The Hall–Kier alpha value is -2.69. The van der Waals surface area contributed by atoms with Gasteiger partial charge in [0, 0.05) is 25.1 Å². The van der Waals surface area contributed by atoms with Gasteiger partial charge in [-0.2, -0.15) is 0 Å². The molecule has 2 amide bonds. The second-order valence-electron chi connectivity index (χ2n) is 6.73. The number of nitrogens with one attached hydrogen (secondary N) is 1. The molecule has 2 atom stereocenters. The van der Waals surface area contributed by atoms with E-state index >= 15 is 0 Å². The minimum atomic E-state index is -0.433. The molecule has 1 heterocycles. The van der Waals surface area contributed by atoms with Crippen LogP contribution in [0, 0.1) is 11.7 Å². The van der Waals surface area contributed by atoms with Gasteiger partial charge in [-0.1, -0.05) is 48.5 Å². The van der Waals surface area contributed by atoms with Crippen molar-refractivity contribution in [3.05, 3.63) is 71.5 Å². The van der Waals surface area contributed by atoms with Crippen molar-refractivity contribution in [2.45, 2.75) is 25.8 Å². The molecule has 4 nitrogen and oxygen atoms in total. The zero-order valence-electron chi connectivity index (χ0n) is 14.8. The highest BCUT2D eigenvalue weighted by atomic mass is 19.1. The van der Waals surface area contributed by atoms with E-state index in [1.807, 2.05) is 30.3 Å². The van der Waals surface area contributed by atoms with Gasteiger partial charge in [0.15, 0.2) is 0 Å². The summed E-state index contributed by atoms with van der Waals surface area (Å²) in [5.74, 6) is -0.921. The Morgan fingerprint density at radius 1 is 1.19 bits per heavy atom. The topological polar surface area (TPSA) is 49.4 Å². The van der Waals surface area contributed by atoms with Crippen LogP contribution in [-0.2, 0) is 16.0 Å². The third kappa shape index (κ3) is 4.28. The second-order valence-corrected chi connectivity index (χ2v) is 6.73. The summed E-state index contributed by atoms with van der Waals surface area (Å²) in [4.78, 5) is 26.4. The largest absolute Gasteiger partial charge is 0.349 e. The quantitative estimate of drug-likeness (QED) is 0.867. The van der Waals surface area contributed by atoms with Gasteiger partial charge in [0.2, 0.25) is 11.8 Å². The molecule has 0 bridgehead atoms. The van der Waals surface area contributed by atoms with Gasteiger partial charge < -0.3 is 10.2 Å². The van der Waals surface area contributed by atoms with Gasteiger partial charge in [-0.25, -0.2) is 4.39 Å². The standard InChI is InChI=1S/C21H23FN2O2/c1-15(18-9-5-6-10-19(18)22)23-21(26)17-13-20(25)24(14-17)12-11-16-7-3-2-4-8-16/h2-10,15,17H,11-14H2,1H3,(H,23,26)/t15-,17-/m1/s1. The van der Waals surface area contributed by atoms with E-state index in [1.165, 1.54) is 11.6 Å². The van der Waals surface area contributed by atoms with Crippen LogP contribution in [0.3, 0.4) is 0 Å². The van der Waals surface area contributed by atoms with Gasteiger partial charge in [0.25, 0.3) is 0 Å². The average molecular weight is 354 g/mol. The summed E-state index contributed by atoms with van der Waals surface area (Å²) in [6.07, 6.45) is 0.983. The molecule has 0 aliphatic carbocycles. The van der Waals surface area contributed by atoms with Gasteiger partial charge in [0.1, 0.15) is 5.82 Å². The molecule has 1 fully saturated rings. The molecule has 1 aliphatic rings. The SMILES string of the molecule is C[C@@H](NC(=O)[C@@H]1CC(=O)N(CCc2ccccc2)C1)c1ccccc1F. The third-order valence-corrected chi connectivity index (χ3v) is 4.83. The summed E-state index contributed by atoms with van der Waals surface area (Å²) in [6, 6.07) is 15.9. The first-order chi connectivity index (χ1) is 12.5. The van der Waals surface area contributed by atoms with Crippen molar-refractivity contribution in [2.24, 2.45) is 5.92 Å². The maximum Gasteiger partial charge on any atom is 0.225 e. The Morgan fingerprint density at radius 3 is 2.62 bits per heavy atom. The van der Waals surface area contributed by atoms with Crippen molar-refractivity contribution in [3.8, 4) is 0 Å². The van der Waals surface area contributed by atoms with Crippen LogP contribution in [0.2, 0.25) is 0 Å². The molecular formula is C21H23FN2O2. The maximum atomic E-state index is 13.8. The molecule has 0 unspecified atom stereocenters. The first-order valence-corrected chi connectivity index (χ1v) is 8.91. The Balaban J connectivity index is 1.54. The van der Waals surface area contributed by atoms with Crippen molar-refractivity contribution in [1.82, 2.24) is 10.2 Å². The lowest BCUT2D eigenvalue weighted by Crippen LogP contribution is -2.35. The number of likely N-dealkylation sites (tertiary alicyclic amines) is 1. The number of hydrogen-bond acceptors (Lipinski definition) is 2. The number of rotatable bonds is 6. The Labute approximate surface area is 153 Å². The summed E-state index contributed by atoms with van der Waals surface area (Å²) in [7, 11) is 0. The van der Waals surface area contributed by atoms with E-state index in [0.29, 0.717) is 18.7 Å². The van der Waals surface area contributed by atoms with Crippen molar-refractivity contribution in [2.75, 3.05) is 13.1 Å². The first kappa shape index (κ1) is 18.1. The zero-order valence-corrected chi connectivity index (χ0v) is 14.8. The van der Waals surface area contributed by atoms with Crippen LogP contribution in [0.15, 0.2) is 54.6 Å². The number of benzene rings is 2. The molecule has 3 rings (SSSR count). The number of halogens is 1. The van der Waals surface area contributed by atoms with Crippen molar-refractivity contribution >= 4 is 11.8 Å². The zero-order chi connectivity index (χ0) is 18.5. The van der Waals surface area contributed by atoms with Crippen LogP contribution in [0.5, 0.6) is 0 Å². The van der Waals surface area contributed by atoms with Crippen LogP contribution in [0.1, 0.15) is 30.5 Å². The summed E-state index contributed by atoms with van der Waals surface area (Å²) >= 11 is 0. The molecule has 1 aliphatic heterocycles. The molecule has 2 aromatic carbocycles. The van der Waals surface area contributed by atoms with E-state index in [9.17, 15) is 14.0 Å². The molecule has 136 valence electrons. The van der Waals surface area contributed by atoms with E-state index in [2.05, 4.69) is 5.32 Å². The monoisotopic (exact) mass is 354 g/mol. The van der Waals surface area contributed by atoms with Crippen molar-refractivity contribution in [3.63, 3.8) is 0 Å². The fourth-order valence-electron chi connectivity index (χ4n) is 3.31. The summed E-state index contributed by atoms with van der Waals surface area (Å²) in [6.45, 7) is 2.78. The molecule has 0 aromatic heterocycles. The number of carbonyl (C=O) groups excluding carboxylic acids is 2. The van der Waals surface area contributed by atoms with Gasteiger partial charge in [-0.3, -0.25) is 9.59 Å². The van der Waals surface area contributed by atoms with Gasteiger partial charge in [-0.05, 0) is 25.0 Å². The van der Waals surface area contributed by atoms with E-state index < -0.39 is 6.04 Å². The second kappa shape index (κ2) is 8.13. The minimum absolute atomic E-state index is 0.000346. The van der Waals surface area contributed by atoms with E-state index in [0.717, 1.165) is 6.42 Å². The molecular weight excluding hydrogens is 331 g/mol. The van der Waals surface area contributed by atoms with Crippen molar-refractivity contribution in [1.29, 1.82) is 0 Å². The van der Waals surface area contributed by atoms with Gasteiger partial charge in [-0.15, -0.1) is 0 Å². The lowest BCUT2D eigenvalue weighted by atomic mass is 10.0. The molecule has 5 heteroatoms. The van der Waals surface area contributed by atoms with E-state index in [-0.39, 0.29) is 30.0 Å². The number of hydrogen-bond donors (Lipinski definition) is 1. The lowest BCUT2D eigenvalue weighted by Gasteiger charge is -2.19. The van der Waals surface area contributed by atoms with Crippen LogP contribution in [-0.4, -0.2) is 29.8 Å². The molecule has 0 spiro atoms. The average Bonchev–Trinajstić information content (AvgIpc) is 3.02. The number of carbonyl (C=O) groups is 2. The summed E-state index contributed by atoms with van der Waals surface area (Å²) in [5, 5.41) is 2.84. The summed E-state index contributed by atoms with van der Waals surface area (Å²) in [5.41, 5.74) is 1.62. The molecule has 0 radical (unpaired) electrons. The number of nitrogens with zero attached hydrogens (tertiary/aromatic N) is 1. The fraction of sp³-hybridized carbons (Fsp3) is 0.333. The number of amides is 2. The van der Waals surface area contributed by atoms with E-state index in [1.54, 1.807) is 30.0 Å². The van der Waals surface area contributed by atoms with Gasteiger partial charge in [0.05, 0.1) is 12.0 Å². The Kier molecular flexibility index (Phi) is 5.66. The third-order valence-electron chi connectivity index (χ3n) is 4.83. The van der Waals surface area contributed by atoms with Crippen LogP contribution in [0.25, 0.3) is 0 Å². The van der Waals surface area contributed by atoms with Crippen LogP contribution in [0.4, 0.5) is 4.39 Å². The fourth-order valence-corrected chi connectivity index (χ4v) is 3.31. The Morgan fingerprint density at radius 2 is 1.88 bits per heavy atom. The van der Waals surface area contributed by atoms with Crippen LogP contribution < -0.4 is 5.32 Å². The molecule has 2 aromatic rings. The lowest BCUT2D eigenvalue weighted by molar-refractivity contribution is -0.129. The normalized spacial score (nSPS) is 18.0. The van der Waals surface area contributed by atoms with E-state index in [4.69, 9.17) is 0 Å². The Bertz CT molecular complexity index is 779. The highest BCUT2D eigenvalue weighted by Gasteiger charge is 2.34. The first-order valence-electron chi connectivity index (χ1n) is 8.91. The molecule has 26 heavy (non-hydrogen) atoms. The predicted octanol–water partition coefficient (Wildman–Crippen LogP) is 3.09. The summed E-state index contributed by atoms with van der Waals surface area (Å²) < 4.78 is 13.8. The molecule has 1 N–H and O–H groups in total. The smallest absolute Gasteiger partial charge is 0.225 e. The predicted molar refractivity (Wildman–Crippen MR) is 97.8 cm³/mol. The highest BCUT2D eigenvalue weighted by Crippen LogP contribution is 2.21. The maximum absolute atomic E-state index is 13.8. The highest BCUT2D eigenvalue weighted by molar-refractivity contribution is 5.89. The minimum Gasteiger partial charge on any atom is -0.349 e. The van der Waals surface area contributed by atoms with Crippen molar-refractivity contribution < 1.29 is 14.0 Å². The molecule has 0 saturated carbocycles.